The molecule has 1 aromatic rings. The number of benzene rings is 1. The van der Waals surface area contributed by atoms with Crippen molar-refractivity contribution in [3.63, 3.8) is 0 Å². The number of hydrazine groups is 1. The fourth-order valence-corrected chi connectivity index (χ4v) is 4.48. The minimum atomic E-state index is -0.415. The highest BCUT2D eigenvalue weighted by Gasteiger charge is 2.48. The van der Waals surface area contributed by atoms with Crippen LogP contribution in [0.1, 0.15) is 37.7 Å². The molecule has 3 aliphatic rings. The van der Waals surface area contributed by atoms with Crippen LogP contribution >= 0.6 is 0 Å². The maximum atomic E-state index is 11.8. The average Bonchev–Trinajstić information content (AvgIpc) is 3.15. The fraction of sp³-hybridized carbons (Fsp3) is 0.650. The Balaban J connectivity index is 1.11. The van der Waals surface area contributed by atoms with Crippen LogP contribution in [0.2, 0.25) is 0 Å². The average molecular weight is 359 g/mol. The Bertz CT molecular complexity index is 588. The molecule has 0 radical (unpaired) electrons. The Hall–Kier alpha value is -1.63. The highest BCUT2D eigenvalue weighted by molar-refractivity contribution is 5.66. The second kappa shape index (κ2) is 7.94. The van der Waals surface area contributed by atoms with Gasteiger partial charge in [0, 0.05) is 37.2 Å². The van der Waals surface area contributed by atoms with Crippen LogP contribution in [0.15, 0.2) is 30.3 Å². The minimum Gasteiger partial charge on any atom is -0.444 e. The largest absolute Gasteiger partial charge is 0.444 e. The molecule has 1 amide bonds. The normalized spacial score (nSPS) is 27.8. The van der Waals surface area contributed by atoms with Crippen molar-refractivity contribution in [3.8, 4) is 0 Å². The first-order valence-electron chi connectivity index (χ1n) is 9.77. The van der Waals surface area contributed by atoms with Crippen molar-refractivity contribution in [2.45, 2.75) is 50.8 Å². The van der Waals surface area contributed by atoms with Crippen molar-refractivity contribution in [2.24, 2.45) is 5.41 Å². The van der Waals surface area contributed by atoms with Crippen LogP contribution in [0.25, 0.3) is 0 Å². The number of carbonyl (C=O) groups excluding carboxylic acids is 1. The van der Waals surface area contributed by atoms with Crippen LogP contribution in [0.5, 0.6) is 0 Å². The first kappa shape index (κ1) is 17.8. The summed E-state index contributed by atoms with van der Waals surface area (Å²) in [5.41, 5.74) is 7.29. The molecule has 142 valence electrons. The van der Waals surface area contributed by atoms with Crippen molar-refractivity contribution >= 4 is 6.09 Å². The number of carbonyl (C=O) groups is 1. The van der Waals surface area contributed by atoms with Gasteiger partial charge in [-0.15, -0.1) is 0 Å². The van der Waals surface area contributed by atoms with Gasteiger partial charge in [-0.1, -0.05) is 30.3 Å². The molecule has 2 N–H and O–H groups in total. The molecule has 1 saturated carbocycles. The molecule has 0 aromatic heterocycles. The molecular weight excluding hydrogens is 330 g/mol. The number of likely N-dealkylation sites (tertiary alicyclic amines) is 1. The van der Waals surface area contributed by atoms with E-state index < -0.39 is 6.09 Å². The van der Waals surface area contributed by atoms with Gasteiger partial charge in [-0.3, -0.25) is 10.3 Å². The lowest BCUT2D eigenvalue weighted by Crippen LogP contribution is -2.61. The van der Waals surface area contributed by atoms with Crippen molar-refractivity contribution in [2.75, 3.05) is 26.3 Å². The lowest BCUT2D eigenvalue weighted by molar-refractivity contribution is -0.0465. The molecule has 6 nitrogen and oxygen atoms in total. The molecule has 6 heteroatoms. The van der Waals surface area contributed by atoms with E-state index in [0.717, 1.165) is 31.6 Å². The van der Waals surface area contributed by atoms with E-state index in [0.29, 0.717) is 24.1 Å². The van der Waals surface area contributed by atoms with Crippen molar-refractivity contribution in [1.82, 2.24) is 15.8 Å². The van der Waals surface area contributed by atoms with Crippen molar-refractivity contribution < 1.29 is 14.3 Å². The third-order valence-electron chi connectivity index (χ3n) is 6.07. The molecule has 0 atom stereocenters. The van der Waals surface area contributed by atoms with E-state index in [4.69, 9.17) is 9.47 Å². The maximum absolute atomic E-state index is 11.8. The third kappa shape index (κ3) is 4.19. The molecule has 2 heterocycles. The van der Waals surface area contributed by atoms with E-state index in [2.05, 4.69) is 15.8 Å². The second-order valence-corrected chi connectivity index (χ2v) is 8.04. The lowest BCUT2D eigenvalue weighted by atomic mass is 9.76. The number of nitrogens with zero attached hydrogens (tertiary/aromatic N) is 1. The monoisotopic (exact) mass is 359 g/mol. The van der Waals surface area contributed by atoms with Gasteiger partial charge in [-0.2, -0.15) is 0 Å². The minimum absolute atomic E-state index is 0.293. The Morgan fingerprint density at radius 3 is 2.65 bits per heavy atom. The number of ether oxygens (including phenoxy) is 2. The molecule has 4 rings (SSSR count). The molecular formula is C20H29N3O3. The Morgan fingerprint density at radius 1 is 1.19 bits per heavy atom. The predicted molar refractivity (Wildman–Crippen MR) is 98.4 cm³/mol. The van der Waals surface area contributed by atoms with Gasteiger partial charge in [0.25, 0.3) is 0 Å². The van der Waals surface area contributed by atoms with E-state index in [1.807, 2.05) is 30.3 Å². The number of amides is 1. The summed E-state index contributed by atoms with van der Waals surface area (Å²) >= 11 is 0. The summed E-state index contributed by atoms with van der Waals surface area (Å²) < 4.78 is 10.8. The van der Waals surface area contributed by atoms with E-state index >= 15 is 0 Å². The predicted octanol–water partition coefficient (Wildman–Crippen LogP) is 2.45. The van der Waals surface area contributed by atoms with Crippen LogP contribution < -0.4 is 10.9 Å². The van der Waals surface area contributed by atoms with E-state index in [-0.39, 0.29) is 0 Å². The zero-order valence-corrected chi connectivity index (χ0v) is 15.3. The summed E-state index contributed by atoms with van der Waals surface area (Å²) in [5.74, 6) is 0. The summed E-state index contributed by atoms with van der Waals surface area (Å²) in [7, 11) is 0. The number of rotatable bonds is 5. The summed E-state index contributed by atoms with van der Waals surface area (Å²) in [6, 6.07) is 10.7. The zero-order chi connectivity index (χ0) is 17.8. The highest BCUT2D eigenvalue weighted by atomic mass is 16.6. The summed E-state index contributed by atoms with van der Waals surface area (Å²) in [6.45, 7) is 4.60. The highest BCUT2D eigenvalue weighted by Crippen LogP contribution is 2.41. The third-order valence-corrected chi connectivity index (χ3v) is 6.07. The van der Waals surface area contributed by atoms with Gasteiger partial charge in [0.2, 0.25) is 0 Å². The molecule has 1 spiro atoms. The molecule has 1 aliphatic carbocycles. The molecule has 2 aliphatic heterocycles. The maximum Gasteiger partial charge on any atom is 0.421 e. The number of hydrogen-bond acceptors (Lipinski definition) is 5. The molecule has 1 aromatic carbocycles. The summed E-state index contributed by atoms with van der Waals surface area (Å²) in [5, 5.41) is 0. The van der Waals surface area contributed by atoms with Crippen molar-refractivity contribution in [1.29, 1.82) is 0 Å². The summed E-state index contributed by atoms with van der Waals surface area (Å²) in [6.07, 6.45) is 5.37. The SMILES string of the molecule is O=C(NNC1CCC(N2CC3(CCOC3)C2)CC1)OCc1ccccc1. The van der Waals surface area contributed by atoms with Crippen LogP contribution in [-0.4, -0.2) is 49.4 Å². The second-order valence-electron chi connectivity index (χ2n) is 8.04. The van der Waals surface area contributed by atoms with Gasteiger partial charge in [-0.05, 0) is 37.7 Å². The standard InChI is InChI=1S/C20H29N3O3/c24-19(26-12-16-4-2-1-3-5-16)22-21-17-6-8-18(9-7-17)23-13-20(14-23)10-11-25-15-20/h1-5,17-18,21H,6-15H2,(H,22,24). The Morgan fingerprint density at radius 2 is 1.96 bits per heavy atom. The van der Waals surface area contributed by atoms with Gasteiger partial charge < -0.3 is 9.47 Å². The van der Waals surface area contributed by atoms with Crippen LogP contribution in [0.4, 0.5) is 4.79 Å². The van der Waals surface area contributed by atoms with Crippen molar-refractivity contribution in [3.05, 3.63) is 35.9 Å². The first-order valence-corrected chi connectivity index (χ1v) is 9.77. The van der Waals surface area contributed by atoms with Gasteiger partial charge >= 0.3 is 6.09 Å². The molecule has 26 heavy (non-hydrogen) atoms. The zero-order valence-electron chi connectivity index (χ0n) is 15.3. The smallest absolute Gasteiger partial charge is 0.421 e. The molecule has 0 bridgehead atoms. The molecule has 2 saturated heterocycles. The molecule has 3 fully saturated rings. The lowest BCUT2D eigenvalue weighted by Gasteiger charge is -2.52. The van der Waals surface area contributed by atoms with Crippen LogP contribution in [0, 0.1) is 5.41 Å². The van der Waals surface area contributed by atoms with Gasteiger partial charge in [0.1, 0.15) is 6.61 Å². The quantitative estimate of drug-likeness (QED) is 0.791. The Labute approximate surface area is 155 Å². The Kier molecular flexibility index (Phi) is 5.43. The summed E-state index contributed by atoms with van der Waals surface area (Å²) in [4.78, 5) is 14.4. The van der Waals surface area contributed by atoms with Crippen LogP contribution in [-0.2, 0) is 16.1 Å². The van der Waals surface area contributed by atoms with E-state index in [1.54, 1.807) is 0 Å². The topological polar surface area (TPSA) is 62.8 Å². The number of nitrogens with one attached hydrogen (secondary N) is 2. The number of hydrogen-bond donors (Lipinski definition) is 2. The van der Waals surface area contributed by atoms with Crippen LogP contribution in [0.3, 0.4) is 0 Å². The van der Waals surface area contributed by atoms with Gasteiger partial charge in [0.05, 0.1) is 6.61 Å². The molecule has 0 unspecified atom stereocenters. The fourth-order valence-electron chi connectivity index (χ4n) is 4.48. The van der Waals surface area contributed by atoms with Gasteiger partial charge in [0.15, 0.2) is 0 Å². The van der Waals surface area contributed by atoms with E-state index in [9.17, 15) is 4.79 Å². The van der Waals surface area contributed by atoms with Gasteiger partial charge in [-0.25, -0.2) is 10.2 Å². The van der Waals surface area contributed by atoms with E-state index in [1.165, 1.54) is 32.4 Å². The first-order chi connectivity index (χ1) is 12.7.